The Labute approximate surface area is 74.7 Å². The summed E-state index contributed by atoms with van der Waals surface area (Å²) in [4.78, 5) is 0. The van der Waals surface area contributed by atoms with Crippen molar-refractivity contribution in [1.29, 1.82) is 0 Å². The van der Waals surface area contributed by atoms with E-state index in [-0.39, 0.29) is 12.7 Å². The summed E-state index contributed by atoms with van der Waals surface area (Å²) in [6.45, 7) is 3.97. The Balaban J connectivity index is 2.17. The third-order valence-corrected chi connectivity index (χ3v) is 2.77. The first kappa shape index (κ1) is 9.97. The van der Waals surface area contributed by atoms with Crippen molar-refractivity contribution in [2.45, 2.75) is 51.6 Å². The van der Waals surface area contributed by atoms with Crippen molar-refractivity contribution in [2.75, 3.05) is 6.67 Å². The summed E-state index contributed by atoms with van der Waals surface area (Å²) in [6.07, 6.45) is 5.06. The van der Waals surface area contributed by atoms with Crippen molar-refractivity contribution >= 4 is 0 Å². The highest BCUT2D eigenvalue weighted by atomic mass is 19.1. The second kappa shape index (κ2) is 4.80. The largest absolute Gasteiger partial charge is 0.309 e. The summed E-state index contributed by atoms with van der Waals surface area (Å²) < 4.78 is 12.2. The number of alkyl halides is 1. The molecule has 2 heteroatoms. The monoisotopic (exact) mass is 173 g/mol. The number of halogens is 1. The third kappa shape index (κ3) is 3.10. The first-order valence-corrected chi connectivity index (χ1v) is 5.04. The van der Waals surface area contributed by atoms with E-state index >= 15 is 0 Å². The van der Waals surface area contributed by atoms with Crippen LogP contribution in [0.15, 0.2) is 0 Å². The Morgan fingerprint density at radius 2 is 1.92 bits per heavy atom. The highest BCUT2D eigenvalue weighted by Crippen LogP contribution is 2.23. The summed E-state index contributed by atoms with van der Waals surface area (Å²) in [5, 5.41) is 3.31. The highest BCUT2D eigenvalue weighted by Gasteiger charge is 2.18. The van der Waals surface area contributed by atoms with Gasteiger partial charge in [-0.05, 0) is 38.5 Å². The van der Waals surface area contributed by atoms with Gasteiger partial charge >= 0.3 is 0 Å². The lowest BCUT2D eigenvalue weighted by atomic mass is 9.87. The van der Waals surface area contributed by atoms with Crippen LogP contribution in [-0.4, -0.2) is 18.8 Å². The lowest BCUT2D eigenvalue weighted by Gasteiger charge is -2.28. The van der Waals surface area contributed by atoms with Crippen molar-refractivity contribution in [1.82, 2.24) is 5.32 Å². The highest BCUT2D eigenvalue weighted by molar-refractivity contribution is 4.77. The van der Waals surface area contributed by atoms with Crippen molar-refractivity contribution in [3.63, 3.8) is 0 Å². The number of hydrogen-bond donors (Lipinski definition) is 1. The van der Waals surface area contributed by atoms with E-state index in [2.05, 4.69) is 12.2 Å². The third-order valence-electron chi connectivity index (χ3n) is 2.77. The van der Waals surface area contributed by atoms with E-state index in [1.54, 1.807) is 0 Å². The first-order chi connectivity index (χ1) is 5.72. The van der Waals surface area contributed by atoms with Gasteiger partial charge in [0.05, 0.1) is 0 Å². The van der Waals surface area contributed by atoms with Gasteiger partial charge in [0.1, 0.15) is 6.67 Å². The molecule has 0 bridgehead atoms. The summed E-state index contributed by atoms with van der Waals surface area (Å²) in [5.41, 5.74) is 0. The van der Waals surface area contributed by atoms with Gasteiger partial charge in [0, 0.05) is 12.1 Å². The Hall–Kier alpha value is -0.110. The lowest BCUT2D eigenvalue weighted by Crippen LogP contribution is -2.39. The minimum atomic E-state index is -0.244. The molecule has 0 saturated heterocycles. The molecule has 12 heavy (non-hydrogen) atoms. The topological polar surface area (TPSA) is 12.0 Å². The van der Waals surface area contributed by atoms with Crippen molar-refractivity contribution < 1.29 is 4.39 Å². The van der Waals surface area contributed by atoms with Gasteiger partial charge in [-0.3, -0.25) is 0 Å². The molecule has 0 spiro atoms. The molecule has 0 heterocycles. The van der Waals surface area contributed by atoms with E-state index in [0.717, 1.165) is 5.92 Å². The molecule has 0 aromatic carbocycles. The van der Waals surface area contributed by atoms with Crippen LogP contribution < -0.4 is 5.32 Å². The maximum atomic E-state index is 12.2. The predicted octanol–water partition coefficient (Wildman–Crippen LogP) is 2.51. The van der Waals surface area contributed by atoms with Gasteiger partial charge in [-0.15, -0.1) is 0 Å². The smallest absolute Gasteiger partial charge is 0.104 e. The Morgan fingerprint density at radius 3 is 2.42 bits per heavy atom. The van der Waals surface area contributed by atoms with E-state index < -0.39 is 0 Å². The van der Waals surface area contributed by atoms with Crippen LogP contribution in [0.25, 0.3) is 0 Å². The van der Waals surface area contributed by atoms with E-state index in [1.807, 2.05) is 6.92 Å². The second-order valence-corrected chi connectivity index (χ2v) is 4.18. The fourth-order valence-electron chi connectivity index (χ4n) is 1.87. The minimum absolute atomic E-state index is 0.0448. The maximum absolute atomic E-state index is 12.2. The fraction of sp³-hybridized carbons (Fsp3) is 1.00. The van der Waals surface area contributed by atoms with Crippen LogP contribution in [0.5, 0.6) is 0 Å². The van der Waals surface area contributed by atoms with Crippen LogP contribution in [0.4, 0.5) is 4.39 Å². The zero-order chi connectivity index (χ0) is 8.97. The van der Waals surface area contributed by atoms with Crippen LogP contribution in [0.2, 0.25) is 0 Å². The Bertz CT molecular complexity index is 119. The zero-order valence-electron chi connectivity index (χ0n) is 8.15. The van der Waals surface area contributed by atoms with Gasteiger partial charge in [-0.1, -0.05) is 6.92 Å². The number of nitrogens with one attached hydrogen (secondary N) is 1. The minimum Gasteiger partial charge on any atom is -0.309 e. The molecular formula is C10H20FN. The second-order valence-electron chi connectivity index (χ2n) is 4.18. The Kier molecular flexibility index (Phi) is 3.99. The molecule has 1 N–H and O–H groups in total. The molecule has 0 aliphatic heterocycles. The van der Waals surface area contributed by atoms with Gasteiger partial charge in [-0.2, -0.15) is 0 Å². The molecule has 0 radical (unpaired) electrons. The van der Waals surface area contributed by atoms with E-state index in [0.29, 0.717) is 6.04 Å². The van der Waals surface area contributed by atoms with E-state index in [1.165, 1.54) is 25.7 Å². The molecule has 0 amide bonds. The quantitative estimate of drug-likeness (QED) is 0.691. The van der Waals surface area contributed by atoms with Crippen molar-refractivity contribution in [3.8, 4) is 0 Å². The molecule has 0 aromatic heterocycles. The molecule has 1 aliphatic carbocycles. The van der Waals surface area contributed by atoms with Crippen molar-refractivity contribution in [2.24, 2.45) is 5.92 Å². The molecule has 1 saturated carbocycles. The summed E-state index contributed by atoms with van der Waals surface area (Å²) in [7, 11) is 0. The lowest BCUT2D eigenvalue weighted by molar-refractivity contribution is 0.272. The van der Waals surface area contributed by atoms with Crippen LogP contribution in [-0.2, 0) is 0 Å². The average molecular weight is 173 g/mol. The summed E-state index contributed by atoms with van der Waals surface area (Å²) >= 11 is 0. The molecule has 1 atom stereocenters. The first-order valence-electron chi connectivity index (χ1n) is 5.04. The molecule has 1 rings (SSSR count). The van der Waals surface area contributed by atoms with Gasteiger partial charge in [0.25, 0.3) is 0 Å². The van der Waals surface area contributed by atoms with Gasteiger partial charge < -0.3 is 5.32 Å². The number of rotatable bonds is 3. The maximum Gasteiger partial charge on any atom is 0.104 e. The van der Waals surface area contributed by atoms with Crippen LogP contribution >= 0.6 is 0 Å². The van der Waals surface area contributed by atoms with Crippen LogP contribution in [0, 0.1) is 5.92 Å². The average Bonchev–Trinajstić information content (AvgIpc) is 2.09. The molecule has 1 fully saturated rings. The van der Waals surface area contributed by atoms with Crippen LogP contribution in [0.3, 0.4) is 0 Å². The van der Waals surface area contributed by atoms with Gasteiger partial charge in [0.15, 0.2) is 0 Å². The molecule has 0 aromatic rings. The summed E-state index contributed by atoms with van der Waals surface area (Å²) in [6, 6.07) is 0.621. The number of hydrogen-bond acceptors (Lipinski definition) is 1. The van der Waals surface area contributed by atoms with Gasteiger partial charge in [0.2, 0.25) is 0 Å². The summed E-state index contributed by atoms with van der Waals surface area (Å²) in [5.74, 6) is 0.878. The fourth-order valence-corrected chi connectivity index (χ4v) is 1.87. The molecule has 1 unspecified atom stereocenters. The Morgan fingerprint density at radius 1 is 1.33 bits per heavy atom. The van der Waals surface area contributed by atoms with E-state index in [9.17, 15) is 4.39 Å². The molecule has 1 aliphatic rings. The normalized spacial score (nSPS) is 33.2. The van der Waals surface area contributed by atoms with E-state index in [4.69, 9.17) is 0 Å². The molecular weight excluding hydrogens is 153 g/mol. The molecule has 1 nitrogen and oxygen atoms in total. The van der Waals surface area contributed by atoms with Crippen LogP contribution in [0.1, 0.15) is 39.5 Å². The van der Waals surface area contributed by atoms with Gasteiger partial charge in [-0.25, -0.2) is 4.39 Å². The predicted molar refractivity (Wildman–Crippen MR) is 50.0 cm³/mol. The SMILES string of the molecule is CC1CCC(NC(C)CF)CC1. The standard InChI is InChI=1S/C10H20FN/c1-8-3-5-10(6-4-8)12-9(2)7-11/h8-10,12H,3-7H2,1-2H3. The zero-order valence-corrected chi connectivity index (χ0v) is 8.15. The molecule has 72 valence electrons. The van der Waals surface area contributed by atoms with Crippen molar-refractivity contribution in [3.05, 3.63) is 0 Å².